The molecular weight excluding hydrogens is 406 g/mol. The van der Waals surface area contributed by atoms with E-state index in [1.807, 2.05) is 18.2 Å². The first-order chi connectivity index (χ1) is 14.2. The fourth-order valence-corrected chi connectivity index (χ4v) is 5.00. The predicted octanol–water partition coefficient (Wildman–Crippen LogP) is 5.10. The molecule has 0 aromatic carbocycles. The minimum Gasteiger partial charge on any atom is -0.294 e. The van der Waals surface area contributed by atoms with Crippen LogP contribution in [-0.2, 0) is 0 Å². The number of nitrogens with zero attached hydrogens (tertiary/aromatic N) is 3. The molecule has 29 heavy (non-hydrogen) atoms. The Kier molecular flexibility index (Phi) is 6.16. The fourth-order valence-electron chi connectivity index (χ4n) is 3.22. The average Bonchev–Trinajstić information content (AvgIpc) is 3.41. The SMILES string of the molecule is O=C(Nc1ncc(Sc2ccccn2)s1)Nc1ncccc1C(=O)C1CCCC1. The van der Waals surface area contributed by atoms with Crippen LogP contribution in [0.25, 0.3) is 0 Å². The minimum atomic E-state index is -0.479. The maximum Gasteiger partial charge on any atom is 0.326 e. The van der Waals surface area contributed by atoms with Crippen LogP contribution in [0.2, 0.25) is 0 Å². The molecular formula is C20H19N5O2S2. The maximum atomic E-state index is 12.8. The summed E-state index contributed by atoms with van der Waals surface area (Å²) < 4.78 is 0.911. The number of hydrogen-bond acceptors (Lipinski definition) is 7. The Morgan fingerprint density at radius 2 is 1.83 bits per heavy atom. The largest absolute Gasteiger partial charge is 0.326 e. The smallest absolute Gasteiger partial charge is 0.294 e. The Balaban J connectivity index is 1.40. The number of anilines is 2. The molecule has 7 nitrogen and oxygen atoms in total. The fraction of sp³-hybridized carbons (Fsp3) is 0.250. The van der Waals surface area contributed by atoms with Gasteiger partial charge in [-0.3, -0.25) is 15.4 Å². The molecule has 3 aromatic rings. The highest BCUT2D eigenvalue weighted by Crippen LogP contribution is 2.33. The van der Waals surface area contributed by atoms with E-state index in [-0.39, 0.29) is 17.5 Å². The lowest BCUT2D eigenvalue weighted by atomic mass is 9.97. The summed E-state index contributed by atoms with van der Waals surface area (Å²) >= 11 is 2.83. The molecule has 2 N–H and O–H groups in total. The van der Waals surface area contributed by atoms with Crippen molar-refractivity contribution in [3.8, 4) is 0 Å². The van der Waals surface area contributed by atoms with Crippen LogP contribution in [-0.4, -0.2) is 26.8 Å². The summed E-state index contributed by atoms with van der Waals surface area (Å²) in [5.41, 5.74) is 0.458. The molecule has 1 fully saturated rings. The van der Waals surface area contributed by atoms with Gasteiger partial charge in [-0.25, -0.2) is 19.7 Å². The molecule has 0 radical (unpaired) electrons. The standard InChI is InChI=1S/C20H19N5O2S2/c26-17(13-6-1-2-7-13)14-8-5-11-22-18(14)24-19(27)25-20-23-12-16(29-20)28-15-9-3-4-10-21-15/h3-5,8-13H,1-2,6-7H2,(H2,22,23,24,25,27). The van der Waals surface area contributed by atoms with Crippen LogP contribution >= 0.6 is 23.1 Å². The van der Waals surface area contributed by atoms with Gasteiger partial charge in [-0.15, -0.1) is 0 Å². The first-order valence-corrected chi connectivity index (χ1v) is 10.9. The lowest BCUT2D eigenvalue weighted by Crippen LogP contribution is -2.23. The number of urea groups is 1. The first-order valence-electron chi connectivity index (χ1n) is 9.31. The van der Waals surface area contributed by atoms with E-state index in [4.69, 9.17) is 0 Å². The summed E-state index contributed by atoms with van der Waals surface area (Å²) in [6.45, 7) is 0. The van der Waals surface area contributed by atoms with Crippen molar-refractivity contribution in [2.24, 2.45) is 5.92 Å². The zero-order valence-electron chi connectivity index (χ0n) is 15.5. The zero-order chi connectivity index (χ0) is 20.1. The van der Waals surface area contributed by atoms with Crippen LogP contribution in [0.1, 0.15) is 36.0 Å². The summed E-state index contributed by atoms with van der Waals surface area (Å²) in [5.74, 6) is 0.351. The monoisotopic (exact) mass is 425 g/mol. The van der Waals surface area contributed by atoms with Crippen molar-refractivity contribution in [3.63, 3.8) is 0 Å². The summed E-state index contributed by atoms with van der Waals surface area (Å²) in [4.78, 5) is 37.9. The molecule has 3 aromatic heterocycles. The van der Waals surface area contributed by atoms with Crippen LogP contribution in [0.3, 0.4) is 0 Å². The molecule has 4 rings (SSSR count). The summed E-state index contributed by atoms with van der Waals surface area (Å²) in [5, 5.41) is 6.71. The number of carbonyl (C=O) groups is 2. The van der Waals surface area contributed by atoms with Crippen molar-refractivity contribution in [1.82, 2.24) is 15.0 Å². The molecule has 0 unspecified atom stereocenters. The summed E-state index contributed by atoms with van der Waals surface area (Å²) in [6, 6.07) is 8.64. The maximum absolute atomic E-state index is 12.8. The lowest BCUT2D eigenvalue weighted by Gasteiger charge is -2.12. The van der Waals surface area contributed by atoms with Crippen molar-refractivity contribution in [2.45, 2.75) is 34.9 Å². The molecule has 0 bridgehead atoms. The Morgan fingerprint density at radius 1 is 1.00 bits per heavy atom. The van der Waals surface area contributed by atoms with E-state index in [9.17, 15) is 9.59 Å². The minimum absolute atomic E-state index is 0.0213. The number of amides is 2. The summed E-state index contributed by atoms with van der Waals surface area (Å²) in [6.07, 6.45) is 8.92. The molecule has 1 aliphatic carbocycles. The van der Waals surface area contributed by atoms with Crippen LogP contribution < -0.4 is 10.6 Å². The van der Waals surface area contributed by atoms with Crippen molar-refractivity contribution < 1.29 is 9.59 Å². The number of nitrogens with one attached hydrogen (secondary N) is 2. The van der Waals surface area contributed by atoms with Crippen LogP contribution in [0.15, 0.2) is 58.2 Å². The molecule has 0 atom stereocenters. The van der Waals surface area contributed by atoms with E-state index in [0.717, 1.165) is 34.9 Å². The second-order valence-electron chi connectivity index (χ2n) is 6.58. The third-order valence-electron chi connectivity index (χ3n) is 4.58. The molecule has 0 saturated heterocycles. The van der Waals surface area contributed by atoms with Gasteiger partial charge in [0.15, 0.2) is 10.9 Å². The normalized spacial score (nSPS) is 13.9. The van der Waals surface area contributed by atoms with Gasteiger partial charge in [0, 0.05) is 18.3 Å². The number of hydrogen-bond donors (Lipinski definition) is 2. The second-order valence-corrected chi connectivity index (χ2v) is 8.93. The topological polar surface area (TPSA) is 96.9 Å². The third kappa shape index (κ3) is 4.99. The molecule has 2 amide bonds. The van der Waals surface area contributed by atoms with Crippen molar-refractivity contribution in [2.75, 3.05) is 10.6 Å². The molecule has 1 aliphatic rings. The van der Waals surface area contributed by atoms with E-state index >= 15 is 0 Å². The molecule has 9 heteroatoms. The number of pyridine rings is 2. The van der Waals surface area contributed by atoms with Gasteiger partial charge < -0.3 is 0 Å². The third-order valence-corrected chi connectivity index (χ3v) is 6.54. The highest BCUT2D eigenvalue weighted by molar-refractivity contribution is 8.01. The van der Waals surface area contributed by atoms with Gasteiger partial charge in [0.25, 0.3) is 0 Å². The average molecular weight is 426 g/mol. The van der Waals surface area contributed by atoms with Gasteiger partial charge in [-0.1, -0.05) is 42.0 Å². The number of Topliss-reactive ketones (excluding diaryl/α,β-unsaturated/α-hetero) is 1. The predicted molar refractivity (Wildman–Crippen MR) is 114 cm³/mol. The Morgan fingerprint density at radius 3 is 2.62 bits per heavy atom. The number of rotatable bonds is 6. The lowest BCUT2D eigenvalue weighted by molar-refractivity contribution is 0.0923. The second kappa shape index (κ2) is 9.15. The molecule has 0 aliphatic heterocycles. The van der Waals surface area contributed by atoms with Crippen molar-refractivity contribution >= 4 is 45.9 Å². The van der Waals surface area contributed by atoms with E-state index in [1.54, 1.807) is 30.7 Å². The van der Waals surface area contributed by atoms with Crippen LogP contribution in [0, 0.1) is 5.92 Å². The van der Waals surface area contributed by atoms with E-state index in [2.05, 4.69) is 25.6 Å². The molecule has 1 saturated carbocycles. The highest BCUT2D eigenvalue weighted by atomic mass is 32.2. The van der Waals surface area contributed by atoms with Crippen LogP contribution in [0.4, 0.5) is 15.7 Å². The number of thiazole rings is 1. The molecule has 0 spiro atoms. The van der Waals surface area contributed by atoms with Gasteiger partial charge in [-0.2, -0.15) is 0 Å². The number of ketones is 1. The zero-order valence-corrected chi connectivity index (χ0v) is 17.1. The number of carbonyl (C=O) groups excluding carboxylic acids is 2. The van der Waals surface area contributed by atoms with E-state index in [0.29, 0.717) is 10.7 Å². The number of aromatic nitrogens is 3. The first kappa shape index (κ1) is 19.5. The van der Waals surface area contributed by atoms with Gasteiger partial charge in [-0.05, 0) is 37.1 Å². The van der Waals surface area contributed by atoms with Gasteiger partial charge in [0.05, 0.1) is 16.0 Å². The van der Waals surface area contributed by atoms with Gasteiger partial charge in [0.2, 0.25) is 0 Å². The summed E-state index contributed by atoms with van der Waals surface area (Å²) in [7, 11) is 0. The molecule has 3 heterocycles. The highest BCUT2D eigenvalue weighted by Gasteiger charge is 2.26. The van der Waals surface area contributed by atoms with Crippen LogP contribution in [0.5, 0.6) is 0 Å². The Bertz CT molecular complexity index is 1000. The van der Waals surface area contributed by atoms with E-state index in [1.165, 1.54) is 23.1 Å². The quantitative estimate of drug-likeness (QED) is 0.533. The van der Waals surface area contributed by atoms with Crippen molar-refractivity contribution in [1.29, 1.82) is 0 Å². The Labute approximate surface area is 176 Å². The van der Waals surface area contributed by atoms with Crippen molar-refractivity contribution in [3.05, 3.63) is 54.5 Å². The Hall–Kier alpha value is -2.78. The van der Waals surface area contributed by atoms with Gasteiger partial charge >= 0.3 is 6.03 Å². The van der Waals surface area contributed by atoms with E-state index < -0.39 is 6.03 Å². The van der Waals surface area contributed by atoms with Gasteiger partial charge in [0.1, 0.15) is 10.8 Å². The molecule has 148 valence electrons.